The predicted octanol–water partition coefficient (Wildman–Crippen LogP) is 11.4. The van der Waals surface area contributed by atoms with Crippen molar-refractivity contribution in [1.29, 1.82) is 0 Å². The third kappa shape index (κ3) is 3.46. The van der Waals surface area contributed by atoms with Gasteiger partial charge in [-0.05, 0) is 60.2 Å². The molecule has 0 aliphatic heterocycles. The van der Waals surface area contributed by atoms with Gasteiger partial charge >= 0.3 is 0 Å². The van der Waals surface area contributed by atoms with Gasteiger partial charge in [0.1, 0.15) is 11.2 Å². The molecule has 3 aromatic heterocycles. The maximum Gasteiger partial charge on any atom is 0.143 e. The van der Waals surface area contributed by atoms with Crippen LogP contribution in [-0.2, 0) is 0 Å². The van der Waals surface area contributed by atoms with Crippen LogP contribution in [0.5, 0.6) is 0 Å². The molecule has 0 radical (unpaired) electrons. The fourth-order valence-corrected chi connectivity index (χ4v) is 7.33. The molecule has 0 N–H and O–H groups in total. The Hall–Kier alpha value is -6.06. The Morgan fingerprint density at radius 2 is 0.889 bits per heavy atom. The molecular formula is C42H26N2O. The maximum atomic E-state index is 6.36. The van der Waals surface area contributed by atoms with Crippen LogP contribution in [0, 0.1) is 0 Å². The number of hydrogen-bond donors (Lipinski definition) is 0. The highest BCUT2D eigenvalue weighted by Gasteiger charge is 2.18. The molecule has 3 heteroatoms. The number of nitrogens with zero attached hydrogens (tertiary/aromatic N) is 2. The highest BCUT2D eigenvalue weighted by molar-refractivity contribution is 6.19. The maximum absolute atomic E-state index is 6.36. The summed E-state index contributed by atoms with van der Waals surface area (Å²) in [4.78, 5) is 0. The highest BCUT2D eigenvalue weighted by atomic mass is 16.3. The zero-order chi connectivity index (χ0) is 29.5. The topological polar surface area (TPSA) is 23.0 Å². The summed E-state index contributed by atoms with van der Waals surface area (Å²) in [6.07, 6.45) is 0. The summed E-state index contributed by atoms with van der Waals surface area (Å²) in [6, 6.07) is 56.5. The number of fused-ring (bicyclic) bond motifs is 9. The minimum Gasteiger partial charge on any atom is -0.455 e. The van der Waals surface area contributed by atoms with Gasteiger partial charge in [0.05, 0.1) is 22.1 Å². The second kappa shape index (κ2) is 9.22. The van der Waals surface area contributed by atoms with Gasteiger partial charge in [0.2, 0.25) is 0 Å². The van der Waals surface area contributed by atoms with E-state index in [2.05, 4.69) is 155 Å². The van der Waals surface area contributed by atoms with Crippen LogP contribution < -0.4 is 0 Å². The van der Waals surface area contributed by atoms with Crippen LogP contribution in [0.4, 0.5) is 0 Å². The molecule has 0 amide bonds. The fraction of sp³-hybridized carbons (Fsp3) is 0. The molecule has 10 aromatic rings. The number of benzene rings is 7. The van der Waals surface area contributed by atoms with Gasteiger partial charge in [-0.15, -0.1) is 0 Å². The van der Waals surface area contributed by atoms with Crippen LogP contribution in [-0.4, -0.2) is 9.13 Å². The summed E-state index contributed by atoms with van der Waals surface area (Å²) in [5, 5.41) is 7.29. The van der Waals surface area contributed by atoms with Gasteiger partial charge in [-0.2, -0.15) is 0 Å². The van der Waals surface area contributed by atoms with Gasteiger partial charge in [0.15, 0.2) is 0 Å². The van der Waals surface area contributed by atoms with E-state index >= 15 is 0 Å². The molecule has 7 aromatic carbocycles. The lowest BCUT2D eigenvalue weighted by atomic mass is 10.0. The molecular weight excluding hydrogens is 548 g/mol. The van der Waals surface area contributed by atoms with E-state index in [1.165, 1.54) is 49.3 Å². The molecule has 0 spiro atoms. The molecule has 0 saturated carbocycles. The van der Waals surface area contributed by atoms with E-state index < -0.39 is 0 Å². The summed E-state index contributed by atoms with van der Waals surface area (Å²) in [5.74, 6) is 0. The molecule has 0 saturated heterocycles. The Balaban J connectivity index is 1.21. The van der Waals surface area contributed by atoms with Crippen molar-refractivity contribution < 1.29 is 4.42 Å². The third-order valence-electron chi connectivity index (χ3n) is 9.32. The molecule has 45 heavy (non-hydrogen) atoms. The SMILES string of the molecule is c1ccc(-n2c3ccccc3c3cc4c(cc32)c2ccccc2n4-c2ccc(-c3cccc4c3oc3ccccc34)cc2)cc1. The molecule has 3 nitrogen and oxygen atoms in total. The molecule has 0 aliphatic rings. The lowest BCUT2D eigenvalue weighted by Crippen LogP contribution is -1.94. The Labute approximate surface area is 258 Å². The van der Waals surface area contributed by atoms with Crippen LogP contribution in [0.25, 0.3) is 88.1 Å². The van der Waals surface area contributed by atoms with E-state index in [1.54, 1.807) is 0 Å². The Bertz CT molecular complexity index is 2740. The first-order valence-electron chi connectivity index (χ1n) is 15.4. The molecule has 0 unspecified atom stereocenters. The summed E-state index contributed by atoms with van der Waals surface area (Å²) in [5.41, 5.74) is 11.2. The summed E-state index contributed by atoms with van der Waals surface area (Å²) in [7, 11) is 0. The normalized spacial score (nSPS) is 12.0. The van der Waals surface area contributed by atoms with Crippen molar-refractivity contribution in [3.05, 3.63) is 158 Å². The summed E-state index contributed by atoms with van der Waals surface area (Å²) >= 11 is 0. The second-order valence-corrected chi connectivity index (χ2v) is 11.8. The molecule has 0 atom stereocenters. The van der Waals surface area contributed by atoms with Crippen LogP contribution in [0.2, 0.25) is 0 Å². The fourth-order valence-electron chi connectivity index (χ4n) is 7.33. The van der Waals surface area contributed by atoms with Gasteiger partial charge in [0, 0.05) is 49.3 Å². The van der Waals surface area contributed by atoms with Crippen molar-refractivity contribution in [2.75, 3.05) is 0 Å². The van der Waals surface area contributed by atoms with E-state index in [-0.39, 0.29) is 0 Å². The number of rotatable bonds is 3. The Kier molecular flexibility index (Phi) is 5.00. The number of aromatic nitrogens is 2. The van der Waals surface area contributed by atoms with Crippen LogP contribution in [0.3, 0.4) is 0 Å². The number of furan rings is 1. The van der Waals surface area contributed by atoms with Crippen molar-refractivity contribution in [2.45, 2.75) is 0 Å². The third-order valence-corrected chi connectivity index (χ3v) is 9.32. The van der Waals surface area contributed by atoms with Crippen molar-refractivity contribution in [3.8, 4) is 22.5 Å². The lowest BCUT2D eigenvalue weighted by molar-refractivity contribution is 0.670. The van der Waals surface area contributed by atoms with Crippen molar-refractivity contribution in [3.63, 3.8) is 0 Å². The highest BCUT2D eigenvalue weighted by Crippen LogP contribution is 2.40. The van der Waals surface area contributed by atoms with Crippen molar-refractivity contribution in [2.24, 2.45) is 0 Å². The zero-order valence-electron chi connectivity index (χ0n) is 24.3. The van der Waals surface area contributed by atoms with Gasteiger partial charge < -0.3 is 13.6 Å². The molecule has 210 valence electrons. The Morgan fingerprint density at radius 1 is 0.356 bits per heavy atom. The number of hydrogen-bond acceptors (Lipinski definition) is 1. The largest absolute Gasteiger partial charge is 0.455 e. The van der Waals surface area contributed by atoms with E-state index in [1.807, 2.05) is 12.1 Å². The van der Waals surface area contributed by atoms with E-state index in [0.717, 1.165) is 38.8 Å². The van der Waals surface area contributed by atoms with Crippen LogP contribution in [0.1, 0.15) is 0 Å². The number of para-hydroxylation sites is 5. The van der Waals surface area contributed by atoms with Crippen LogP contribution >= 0.6 is 0 Å². The molecule has 10 rings (SSSR count). The first kappa shape index (κ1) is 24.4. The monoisotopic (exact) mass is 574 g/mol. The van der Waals surface area contributed by atoms with Gasteiger partial charge in [-0.3, -0.25) is 0 Å². The molecule has 0 fully saturated rings. The van der Waals surface area contributed by atoms with E-state index in [9.17, 15) is 0 Å². The lowest BCUT2D eigenvalue weighted by Gasteiger charge is -2.10. The quantitative estimate of drug-likeness (QED) is 0.206. The van der Waals surface area contributed by atoms with Gasteiger partial charge in [-0.1, -0.05) is 103 Å². The molecule has 0 aliphatic carbocycles. The summed E-state index contributed by atoms with van der Waals surface area (Å²) < 4.78 is 11.2. The van der Waals surface area contributed by atoms with E-state index in [4.69, 9.17) is 4.42 Å². The second-order valence-electron chi connectivity index (χ2n) is 11.8. The minimum absolute atomic E-state index is 0.918. The smallest absolute Gasteiger partial charge is 0.143 e. The van der Waals surface area contributed by atoms with Gasteiger partial charge in [0.25, 0.3) is 0 Å². The van der Waals surface area contributed by atoms with Crippen LogP contribution in [0.15, 0.2) is 162 Å². The molecule has 0 bridgehead atoms. The zero-order valence-corrected chi connectivity index (χ0v) is 24.3. The van der Waals surface area contributed by atoms with Gasteiger partial charge in [-0.25, -0.2) is 0 Å². The Morgan fingerprint density at radius 3 is 1.56 bits per heavy atom. The standard InChI is InChI=1S/C42H26N2O/c1-2-11-28(12-3-1)43-37-18-7-4-13-31(37)35-26-40-36(25-39(35)43)32-14-5-8-19-38(32)44(40)29-23-21-27(22-24-29)30-16-10-17-34-33-15-6-9-20-41(33)45-42(30)34/h1-26H. The first-order valence-corrected chi connectivity index (χ1v) is 15.4. The predicted molar refractivity (Wildman–Crippen MR) is 188 cm³/mol. The molecule has 3 heterocycles. The first-order chi connectivity index (χ1) is 22.3. The average Bonchev–Trinajstić information content (AvgIpc) is 3.75. The van der Waals surface area contributed by atoms with Crippen molar-refractivity contribution >= 4 is 65.6 Å². The minimum atomic E-state index is 0.918. The van der Waals surface area contributed by atoms with E-state index in [0.29, 0.717) is 0 Å². The average molecular weight is 575 g/mol. The summed E-state index contributed by atoms with van der Waals surface area (Å²) in [6.45, 7) is 0. The van der Waals surface area contributed by atoms with Crippen molar-refractivity contribution in [1.82, 2.24) is 9.13 Å².